The van der Waals surface area contributed by atoms with Crippen molar-refractivity contribution in [2.75, 3.05) is 6.61 Å². The van der Waals surface area contributed by atoms with Crippen molar-refractivity contribution in [3.8, 4) is 5.75 Å². The van der Waals surface area contributed by atoms with Gasteiger partial charge in [0.15, 0.2) is 0 Å². The van der Waals surface area contributed by atoms with E-state index in [-0.39, 0.29) is 6.04 Å². The molecule has 0 bridgehead atoms. The lowest BCUT2D eigenvalue weighted by molar-refractivity contribution is 0.329. The monoisotopic (exact) mass is 283 g/mol. The molecular weight excluding hydrogens is 266 g/mol. The average Bonchev–Trinajstić information content (AvgIpc) is 2.26. The summed E-state index contributed by atoms with van der Waals surface area (Å²) in [7, 11) is 0. The predicted octanol–water partition coefficient (Wildman–Crippen LogP) is 3.74. The van der Waals surface area contributed by atoms with Crippen LogP contribution < -0.4 is 10.5 Å². The SMILES string of the molecule is CCOc1ccc(Br)c2c1C(C)CCC2N. The highest BCUT2D eigenvalue weighted by Crippen LogP contribution is 2.44. The molecule has 1 aliphatic rings. The van der Waals surface area contributed by atoms with Crippen LogP contribution in [-0.4, -0.2) is 6.61 Å². The third kappa shape index (κ3) is 1.98. The molecule has 2 rings (SSSR count). The van der Waals surface area contributed by atoms with Gasteiger partial charge in [-0.05, 0) is 43.4 Å². The van der Waals surface area contributed by atoms with E-state index >= 15 is 0 Å². The van der Waals surface area contributed by atoms with Gasteiger partial charge in [-0.3, -0.25) is 0 Å². The number of hydrogen-bond acceptors (Lipinski definition) is 2. The van der Waals surface area contributed by atoms with Crippen LogP contribution >= 0.6 is 15.9 Å². The fourth-order valence-electron chi connectivity index (χ4n) is 2.47. The molecule has 2 unspecified atom stereocenters. The quantitative estimate of drug-likeness (QED) is 0.897. The van der Waals surface area contributed by atoms with E-state index in [1.54, 1.807) is 0 Å². The second-order valence-electron chi connectivity index (χ2n) is 4.39. The number of hydrogen-bond donors (Lipinski definition) is 1. The second kappa shape index (κ2) is 4.76. The first kappa shape index (κ1) is 11.9. The Hall–Kier alpha value is -0.540. The molecule has 0 aliphatic heterocycles. The van der Waals surface area contributed by atoms with Gasteiger partial charge in [-0.15, -0.1) is 0 Å². The predicted molar refractivity (Wildman–Crippen MR) is 69.9 cm³/mol. The zero-order chi connectivity index (χ0) is 11.7. The summed E-state index contributed by atoms with van der Waals surface area (Å²) in [4.78, 5) is 0. The summed E-state index contributed by atoms with van der Waals surface area (Å²) in [6.45, 7) is 4.97. The van der Waals surface area contributed by atoms with Crippen molar-refractivity contribution in [1.82, 2.24) is 0 Å². The van der Waals surface area contributed by atoms with E-state index < -0.39 is 0 Å². The third-order valence-electron chi connectivity index (χ3n) is 3.27. The lowest BCUT2D eigenvalue weighted by Gasteiger charge is -2.30. The van der Waals surface area contributed by atoms with Crippen LogP contribution in [0.25, 0.3) is 0 Å². The van der Waals surface area contributed by atoms with Gasteiger partial charge >= 0.3 is 0 Å². The van der Waals surface area contributed by atoms with Crippen LogP contribution in [0.1, 0.15) is 49.8 Å². The maximum atomic E-state index is 6.19. The highest BCUT2D eigenvalue weighted by atomic mass is 79.9. The van der Waals surface area contributed by atoms with E-state index in [2.05, 4.69) is 22.9 Å². The highest BCUT2D eigenvalue weighted by Gasteiger charge is 2.27. The molecule has 0 heterocycles. The summed E-state index contributed by atoms with van der Waals surface area (Å²) in [5.74, 6) is 1.54. The number of halogens is 1. The summed E-state index contributed by atoms with van der Waals surface area (Å²) >= 11 is 3.60. The molecule has 0 saturated heterocycles. The van der Waals surface area contributed by atoms with Gasteiger partial charge in [-0.25, -0.2) is 0 Å². The smallest absolute Gasteiger partial charge is 0.123 e. The van der Waals surface area contributed by atoms with Gasteiger partial charge in [0.2, 0.25) is 0 Å². The lowest BCUT2D eigenvalue weighted by Crippen LogP contribution is -2.21. The summed E-state index contributed by atoms with van der Waals surface area (Å²) < 4.78 is 6.82. The summed E-state index contributed by atoms with van der Waals surface area (Å²) in [5, 5.41) is 0. The topological polar surface area (TPSA) is 35.2 Å². The number of fused-ring (bicyclic) bond motifs is 1. The molecule has 1 aromatic carbocycles. The Labute approximate surface area is 105 Å². The van der Waals surface area contributed by atoms with E-state index in [0.29, 0.717) is 12.5 Å². The molecule has 0 aromatic heterocycles. The first-order valence-electron chi connectivity index (χ1n) is 5.85. The standard InChI is InChI=1S/C13H18BrNO/c1-3-16-11-7-5-9(14)13-10(15)6-4-8(2)12(11)13/h5,7-8,10H,3-4,6,15H2,1-2H3. The van der Waals surface area contributed by atoms with E-state index in [1.165, 1.54) is 11.1 Å². The number of nitrogens with two attached hydrogens (primary N) is 1. The van der Waals surface area contributed by atoms with Crippen molar-refractivity contribution in [1.29, 1.82) is 0 Å². The molecule has 0 amide bonds. The van der Waals surface area contributed by atoms with E-state index in [0.717, 1.165) is 23.1 Å². The normalized spacial score (nSPS) is 24.0. The number of benzene rings is 1. The Morgan fingerprint density at radius 1 is 1.38 bits per heavy atom. The van der Waals surface area contributed by atoms with E-state index in [4.69, 9.17) is 10.5 Å². The van der Waals surface area contributed by atoms with Gasteiger partial charge in [-0.2, -0.15) is 0 Å². The van der Waals surface area contributed by atoms with Crippen molar-refractivity contribution < 1.29 is 4.74 Å². The maximum absolute atomic E-state index is 6.19. The second-order valence-corrected chi connectivity index (χ2v) is 5.25. The molecule has 1 aliphatic carbocycles. The molecule has 1 aromatic rings. The van der Waals surface area contributed by atoms with Crippen LogP contribution in [0.15, 0.2) is 16.6 Å². The largest absolute Gasteiger partial charge is 0.494 e. The van der Waals surface area contributed by atoms with Crippen LogP contribution in [0.5, 0.6) is 5.75 Å². The van der Waals surface area contributed by atoms with Crippen LogP contribution in [0.4, 0.5) is 0 Å². The van der Waals surface area contributed by atoms with Crippen molar-refractivity contribution in [2.45, 2.75) is 38.6 Å². The zero-order valence-electron chi connectivity index (χ0n) is 9.79. The highest BCUT2D eigenvalue weighted by molar-refractivity contribution is 9.10. The first-order valence-corrected chi connectivity index (χ1v) is 6.65. The van der Waals surface area contributed by atoms with E-state index in [1.807, 2.05) is 19.1 Å². The van der Waals surface area contributed by atoms with Crippen LogP contribution in [-0.2, 0) is 0 Å². The fourth-order valence-corrected chi connectivity index (χ4v) is 3.11. The molecule has 0 fully saturated rings. The van der Waals surface area contributed by atoms with Gasteiger partial charge in [0.1, 0.15) is 5.75 Å². The van der Waals surface area contributed by atoms with Crippen molar-refractivity contribution >= 4 is 15.9 Å². The Morgan fingerprint density at radius 2 is 2.12 bits per heavy atom. The van der Waals surface area contributed by atoms with Crippen LogP contribution in [0.3, 0.4) is 0 Å². The van der Waals surface area contributed by atoms with Crippen LogP contribution in [0, 0.1) is 0 Å². The molecule has 2 N–H and O–H groups in total. The molecule has 88 valence electrons. The molecular formula is C13H18BrNO. The Balaban J connectivity index is 2.55. The summed E-state index contributed by atoms with van der Waals surface area (Å²) in [5.41, 5.74) is 8.73. The molecule has 2 atom stereocenters. The molecule has 2 nitrogen and oxygen atoms in total. The number of rotatable bonds is 2. The van der Waals surface area contributed by atoms with Gasteiger partial charge < -0.3 is 10.5 Å². The minimum atomic E-state index is 0.140. The summed E-state index contributed by atoms with van der Waals surface area (Å²) in [6.07, 6.45) is 2.20. The van der Waals surface area contributed by atoms with E-state index in [9.17, 15) is 0 Å². The number of ether oxygens (including phenoxy) is 1. The fraction of sp³-hybridized carbons (Fsp3) is 0.538. The van der Waals surface area contributed by atoms with Crippen molar-refractivity contribution in [3.05, 3.63) is 27.7 Å². The minimum Gasteiger partial charge on any atom is -0.494 e. The molecule has 0 saturated carbocycles. The Kier molecular flexibility index (Phi) is 3.55. The first-order chi connectivity index (χ1) is 7.65. The Morgan fingerprint density at radius 3 is 2.81 bits per heavy atom. The summed E-state index contributed by atoms with van der Waals surface area (Å²) in [6, 6.07) is 4.23. The minimum absolute atomic E-state index is 0.140. The lowest BCUT2D eigenvalue weighted by atomic mass is 9.81. The van der Waals surface area contributed by atoms with Gasteiger partial charge in [0.05, 0.1) is 6.61 Å². The molecule has 3 heteroatoms. The average molecular weight is 284 g/mol. The van der Waals surface area contributed by atoms with Gasteiger partial charge in [0.25, 0.3) is 0 Å². The molecule has 0 spiro atoms. The third-order valence-corrected chi connectivity index (χ3v) is 3.96. The maximum Gasteiger partial charge on any atom is 0.123 e. The van der Waals surface area contributed by atoms with Crippen molar-refractivity contribution in [3.63, 3.8) is 0 Å². The van der Waals surface area contributed by atoms with Crippen molar-refractivity contribution in [2.24, 2.45) is 5.73 Å². The molecule has 0 radical (unpaired) electrons. The van der Waals surface area contributed by atoms with Crippen LogP contribution in [0.2, 0.25) is 0 Å². The molecule has 16 heavy (non-hydrogen) atoms. The van der Waals surface area contributed by atoms with Gasteiger partial charge in [-0.1, -0.05) is 22.9 Å². The van der Waals surface area contributed by atoms with Gasteiger partial charge in [0, 0.05) is 16.1 Å². The zero-order valence-corrected chi connectivity index (χ0v) is 11.4. The Bertz CT molecular complexity index is 392.